The largest absolute Gasteiger partial charge is 0.465 e. The maximum Gasteiger partial charge on any atom is 0.320 e. The lowest BCUT2D eigenvalue weighted by Gasteiger charge is -2.32. The summed E-state index contributed by atoms with van der Waals surface area (Å²) in [5.74, 6) is -0.538. The first-order chi connectivity index (χ1) is 10.0. The summed E-state index contributed by atoms with van der Waals surface area (Å²) in [5.41, 5.74) is -0.724. The van der Waals surface area contributed by atoms with Crippen LogP contribution in [-0.4, -0.2) is 48.6 Å². The summed E-state index contributed by atoms with van der Waals surface area (Å²) in [6.07, 6.45) is 4.46. The summed E-state index contributed by atoms with van der Waals surface area (Å²) in [6, 6.07) is 2.26. The van der Waals surface area contributed by atoms with Crippen molar-refractivity contribution in [3.05, 3.63) is 0 Å². The average Bonchev–Trinajstić information content (AvgIpc) is 2.47. The zero-order valence-electron chi connectivity index (χ0n) is 13.0. The van der Waals surface area contributed by atoms with E-state index in [1.165, 1.54) is 0 Å². The van der Waals surface area contributed by atoms with Gasteiger partial charge in [-0.15, -0.1) is 0 Å². The highest BCUT2D eigenvalue weighted by atomic mass is 16.5. The van der Waals surface area contributed by atoms with Crippen LogP contribution in [-0.2, 0) is 14.3 Å². The molecule has 0 aliphatic heterocycles. The van der Waals surface area contributed by atoms with Gasteiger partial charge >= 0.3 is 5.97 Å². The third kappa shape index (κ3) is 5.72. The van der Waals surface area contributed by atoms with E-state index >= 15 is 0 Å². The maximum atomic E-state index is 12.1. The molecule has 1 fully saturated rings. The van der Waals surface area contributed by atoms with Crippen LogP contribution in [0.15, 0.2) is 0 Å². The van der Waals surface area contributed by atoms with E-state index in [0.29, 0.717) is 26.0 Å². The highest BCUT2D eigenvalue weighted by molar-refractivity contribution is 5.80. The molecule has 1 amide bonds. The van der Waals surface area contributed by atoms with E-state index < -0.39 is 5.54 Å². The lowest BCUT2D eigenvalue weighted by atomic mass is 9.83. The van der Waals surface area contributed by atoms with E-state index in [4.69, 9.17) is 4.74 Å². The fourth-order valence-corrected chi connectivity index (χ4v) is 2.60. The van der Waals surface area contributed by atoms with Gasteiger partial charge in [0.25, 0.3) is 0 Å². The number of carbonyl (C=O) groups excluding carboxylic acids is 2. The van der Waals surface area contributed by atoms with E-state index in [1.807, 2.05) is 6.92 Å². The van der Waals surface area contributed by atoms with Crippen molar-refractivity contribution >= 4 is 11.9 Å². The quantitative estimate of drug-likeness (QED) is 0.714. The van der Waals surface area contributed by atoms with E-state index in [-0.39, 0.29) is 25.0 Å². The van der Waals surface area contributed by atoms with Crippen LogP contribution in [0.1, 0.15) is 46.0 Å². The molecule has 0 aromatic carbocycles. The van der Waals surface area contributed by atoms with Gasteiger partial charge in [0.1, 0.15) is 5.54 Å². The molecule has 0 heterocycles. The summed E-state index contributed by atoms with van der Waals surface area (Å²) in [6.45, 7) is 4.75. The molecule has 1 aliphatic carbocycles. The number of ether oxygens (including phenoxy) is 1. The Kier molecular flexibility index (Phi) is 7.17. The molecule has 0 spiro atoms. The number of esters is 1. The molecular weight excluding hydrogens is 270 g/mol. The summed E-state index contributed by atoms with van der Waals surface area (Å²) >= 11 is 0. The Balaban J connectivity index is 2.50. The van der Waals surface area contributed by atoms with Gasteiger partial charge in [-0.25, -0.2) is 0 Å². The predicted molar refractivity (Wildman–Crippen MR) is 78.3 cm³/mol. The molecule has 1 saturated carbocycles. The Morgan fingerprint density at radius 2 is 1.90 bits per heavy atom. The Labute approximate surface area is 126 Å². The first-order valence-electron chi connectivity index (χ1n) is 7.65. The zero-order valence-corrected chi connectivity index (χ0v) is 13.0. The number of carbonyl (C=O) groups is 2. The number of nitrogens with one attached hydrogen (secondary N) is 1. The van der Waals surface area contributed by atoms with Gasteiger partial charge < -0.3 is 10.1 Å². The van der Waals surface area contributed by atoms with Gasteiger partial charge in [0, 0.05) is 0 Å². The SMILES string of the molecule is CCOC(=O)CN(CC)CC(=O)NC1(C#N)CCCCC1. The molecule has 21 heavy (non-hydrogen) atoms. The molecule has 118 valence electrons. The molecule has 0 atom stereocenters. The van der Waals surface area contributed by atoms with Gasteiger partial charge in [-0.05, 0) is 26.3 Å². The van der Waals surface area contributed by atoms with Crippen molar-refractivity contribution in [1.29, 1.82) is 5.26 Å². The fraction of sp³-hybridized carbons (Fsp3) is 0.800. The second kappa shape index (κ2) is 8.63. The third-order valence-electron chi connectivity index (χ3n) is 3.77. The first-order valence-corrected chi connectivity index (χ1v) is 7.65. The van der Waals surface area contributed by atoms with Crippen LogP contribution < -0.4 is 5.32 Å². The van der Waals surface area contributed by atoms with Crippen LogP contribution in [0, 0.1) is 11.3 Å². The van der Waals surface area contributed by atoms with Crippen LogP contribution in [0.4, 0.5) is 0 Å². The molecule has 0 aromatic rings. The second-order valence-electron chi connectivity index (χ2n) is 5.41. The van der Waals surface area contributed by atoms with Gasteiger partial charge in [0.2, 0.25) is 5.91 Å². The van der Waals surface area contributed by atoms with Gasteiger partial charge in [-0.3, -0.25) is 14.5 Å². The standard InChI is InChI=1S/C15H25N3O3/c1-3-18(11-14(20)21-4-2)10-13(19)17-15(12-16)8-6-5-7-9-15/h3-11H2,1-2H3,(H,17,19). The zero-order chi connectivity index (χ0) is 15.7. The maximum absolute atomic E-state index is 12.1. The van der Waals surface area contributed by atoms with Crippen LogP contribution in [0.2, 0.25) is 0 Å². The Hall–Kier alpha value is -1.61. The van der Waals surface area contributed by atoms with Gasteiger partial charge in [0.15, 0.2) is 0 Å². The highest BCUT2D eigenvalue weighted by Gasteiger charge is 2.33. The van der Waals surface area contributed by atoms with Crippen LogP contribution in [0.3, 0.4) is 0 Å². The average molecular weight is 295 g/mol. The van der Waals surface area contributed by atoms with Crippen LogP contribution in [0.5, 0.6) is 0 Å². The van der Waals surface area contributed by atoms with Crippen molar-refractivity contribution in [3.63, 3.8) is 0 Å². The van der Waals surface area contributed by atoms with Crippen molar-refractivity contribution in [2.24, 2.45) is 0 Å². The van der Waals surface area contributed by atoms with Gasteiger partial charge in [-0.1, -0.05) is 26.2 Å². The first kappa shape index (κ1) is 17.4. The minimum Gasteiger partial charge on any atom is -0.465 e. The molecule has 0 bridgehead atoms. The van der Waals surface area contributed by atoms with Crippen molar-refractivity contribution in [2.45, 2.75) is 51.5 Å². The highest BCUT2D eigenvalue weighted by Crippen LogP contribution is 2.27. The van der Waals surface area contributed by atoms with E-state index in [2.05, 4.69) is 11.4 Å². The number of likely N-dealkylation sites (N-methyl/N-ethyl adjacent to an activating group) is 1. The molecule has 1 N–H and O–H groups in total. The number of nitrogens with zero attached hydrogens (tertiary/aromatic N) is 2. The molecule has 1 aliphatic rings. The van der Waals surface area contributed by atoms with E-state index in [1.54, 1.807) is 11.8 Å². The van der Waals surface area contributed by atoms with Crippen LogP contribution >= 0.6 is 0 Å². The fourth-order valence-electron chi connectivity index (χ4n) is 2.60. The smallest absolute Gasteiger partial charge is 0.320 e. The van der Waals surface area contributed by atoms with Crippen molar-refractivity contribution in [2.75, 3.05) is 26.2 Å². The number of amides is 1. The monoisotopic (exact) mass is 295 g/mol. The summed E-state index contributed by atoms with van der Waals surface area (Å²) in [4.78, 5) is 25.3. The van der Waals surface area contributed by atoms with E-state index in [0.717, 1.165) is 19.3 Å². The van der Waals surface area contributed by atoms with Gasteiger partial charge in [-0.2, -0.15) is 5.26 Å². The normalized spacial score (nSPS) is 17.0. The number of rotatable bonds is 7. The molecule has 0 radical (unpaired) electrons. The van der Waals surface area contributed by atoms with Crippen LogP contribution in [0.25, 0.3) is 0 Å². The molecule has 0 aromatic heterocycles. The molecule has 6 heteroatoms. The Morgan fingerprint density at radius 3 is 2.43 bits per heavy atom. The van der Waals surface area contributed by atoms with E-state index in [9.17, 15) is 14.9 Å². The Bertz CT molecular complexity index is 397. The third-order valence-corrected chi connectivity index (χ3v) is 3.77. The number of hydrogen-bond donors (Lipinski definition) is 1. The number of nitriles is 1. The Morgan fingerprint density at radius 1 is 1.24 bits per heavy atom. The molecule has 6 nitrogen and oxygen atoms in total. The summed E-state index contributed by atoms with van der Waals surface area (Å²) in [7, 11) is 0. The van der Waals surface area contributed by atoms with Gasteiger partial charge in [0.05, 0.1) is 25.8 Å². The lowest BCUT2D eigenvalue weighted by Crippen LogP contribution is -2.52. The predicted octanol–water partition coefficient (Wildman–Crippen LogP) is 1.21. The molecule has 0 unspecified atom stereocenters. The lowest BCUT2D eigenvalue weighted by molar-refractivity contribution is -0.144. The topological polar surface area (TPSA) is 82.4 Å². The second-order valence-corrected chi connectivity index (χ2v) is 5.41. The summed E-state index contributed by atoms with van der Waals surface area (Å²) < 4.78 is 4.88. The molecule has 1 rings (SSSR count). The van der Waals surface area contributed by atoms with Crippen molar-refractivity contribution < 1.29 is 14.3 Å². The van der Waals surface area contributed by atoms with Crippen molar-refractivity contribution in [1.82, 2.24) is 10.2 Å². The minimum absolute atomic E-state index is 0.0946. The molecule has 0 saturated heterocycles. The summed E-state index contributed by atoms with van der Waals surface area (Å²) in [5, 5.41) is 12.2. The molecular formula is C15H25N3O3. The number of hydrogen-bond acceptors (Lipinski definition) is 5. The van der Waals surface area contributed by atoms with Crippen molar-refractivity contribution in [3.8, 4) is 6.07 Å². The minimum atomic E-state index is -0.724.